The number of phenols is 6. The van der Waals surface area contributed by atoms with Crippen molar-refractivity contribution >= 4 is 17.7 Å². The lowest BCUT2D eigenvalue weighted by molar-refractivity contribution is 0.0942. The van der Waals surface area contributed by atoms with Crippen LogP contribution >= 0.6 is 0 Å². The molecule has 13 heteroatoms. The van der Waals surface area contributed by atoms with Crippen molar-refractivity contribution in [2.75, 3.05) is 19.6 Å². The average molecular weight is 611 g/mol. The monoisotopic (exact) mass is 610 g/mol. The highest BCUT2D eigenvalue weighted by molar-refractivity contribution is 5.98. The van der Waals surface area contributed by atoms with E-state index < -0.39 is 57.8 Å². The van der Waals surface area contributed by atoms with Gasteiger partial charge in [-0.2, -0.15) is 0 Å². The van der Waals surface area contributed by atoms with Gasteiger partial charge in [-0.3, -0.25) is 14.4 Å². The summed E-state index contributed by atoms with van der Waals surface area (Å²) in [7, 11) is 0. The van der Waals surface area contributed by atoms with Crippen LogP contribution in [0.3, 0.4) is 0 Å². The Hall–Kier alpha value is -5.17. The largest absolute Gasteiger partial charge is 0.504 e. The van der Waals surface area contributed by atoms with E-state index in [-0.39, 0.29) is 36.3 Å². The number of nitrogens with one attached hydrogen (secondary N) is 3. The molecule has 3 amide bonds. The first kappa shape index (κ1) is 33.3. The maximum absolute atomic E-state index is 12.5. The fourth-order valence-electron chi connectivity index (χ4n) is 4.73. The maximum Gasteiger partial charge on any atom is 0.255 e. The second-order valence-electron chi connectivity index (χ2n) is 10.5. The summed E-state index contributed by atoms with van der Waals surface area (Å²) >= 11 is 0. The molecule has 3 aromatic carbocycles. The zero-order valence-electron chi connectivity index (χ0n) is 24.0. The summed E-state index contributed by atoms with van der Waals surface area (Å²) in [5, 5.41) is 66.8. The molecule has 0 radical (unpaired) electrons. The van der Waals surface area contributed by atoms with Crippen molar-refractivity contribution < 1.29 is 45.0 Å². The van der Waals surface area contributed by atoms with Gasteiger partial charge in [-0.05, 0) is 74.9 Å². The van der Waals surface area contributed by atoms with Crippen LogP contribution in [0.25, 0.3) is 0 Å². The molecule has 0 unspecified atom stereocenters. The number of aromatic hydroxyl groups is 6. The molecule has 0 aliphatic rings. The SMILES string of the molecule is NC(CCCNC(=O)c1cccc(O)c1O)(CCCNC(=O)c1cccc(O)c1O)CCCNC(=O)c1cccc(O)c1O. The molecule has 11 N–H and O–H groups in total. The van der Waals surface area contributed by atoms with Gasteiger partial charge in [0.25, 0.3) is 17.7 Å². The summed E-state index contributed by atoms with van der Waals surface area (Å²) in [6.45, 7) is 0.690. The fraction of sp³-hybridized carbons (Fsp3) is 0.323. The summed E-state index contributed by atoms with van der Waals surface area (Å²) in [5.74, 6) is -4.43. The first-order valence-electron chi connectivity index (χ1n) is 14.1. The van der Waals surface area contributed by atoms with Gasteiger partial charge in [0.05, 0.1) is 16.7 Å². The summed E-state index contributed by atoms with van der Waals surface area (Å²) in [6, 6.07) is 12.3. The van der Waals surface area contributed by atoms with E-state index >= 15 is 0 Å². The summed E-state index contributed by atoms with van der Waals surface area (Å²) < 4.78 is 0. The van der Waals surface area contributed by atoms with Crippen LogP contribution in [0.2, 0.25) is 0 Å². The first-order chi connectivity index (χ1) is 20.9. The Kier molecular flexibility index (Phi) is 11.6. The lowest BCUT2D eigenvalue weighted by atomic mass is 9.84. The van der Waals surface area contributed by atoms with Gasteiger partial charge in [-0.25, -0.2) is 0 Å². The molecule has 13 nitrogen and oxygen atoms in total. The molecule has 0 spiro atoms. The second kappa shape index (κ2) is 15.3. The van der Waals surface area contributed by atoms with E-state index in [0.717, 1.165) is 0 Å². The van der Waals surface area contributed by atoms with Crippen molar-refractivity contribution in [1.29, 1.82) is 0 Å². The van der Waals surface area contributed by atoms with Crippen molar-refractivity contribution in [3.8, 4) is 34.5 Å². The summed E-state index contributed by atoms with van der Waals surface area (Å²) in [6.07, 6.45) is 2.78. The van der Waals surface area contributed by atoms with Gasteiger partial charge in [0.1, 0.15) is 0 Å². The Bertz CT molecular complexity index is 1310. The third-order valence-corrected chi connectivity index (χ3v) is 7.19. The lowest BCUT2D eigenvalue weighted by Crippen LogP contribution is -2.42. The molecule has 0 heterocycles. The molecular weight excluding hydrogens is 572 g/mol. The molecule has 0 saturated carbocycles. The van der Waals surface area contributed by atoms with E-state index in [4.69, 9.17) is 5.73 Å². The highest BCUT2D eigenvalue weighted by Gasteiger charge is 2.25. The van der Waals surface area contributed by atoms with Crippen molar-refractivity contribution in [3.63, 3.8) is 0 Å². The number of phenolic OH excluding ortho intramolecular Hbond substituents is 6. The van der Waals surface area contributed by atoms with Crippen LogP contribution in [0.4, 0.5) is 0 Å². The molecule has 0 aromatic heterocycles. The van der Waals surface area contributed by atoms with E-state index in [1.807, 2.05) is 0 Å². The van der Waals surface area contributed by atoms with Crippen molar-refractivity contribution in [2.24, 2.45) is 5.73 Å². The number of hydrogen-bond donors (Lipinski definition) is 10. The van der Waals surface area contributed by atoms with Crippen molar-refractivity contribution in [1.82, 2.24) is 16.0 Å². The van der Waals surface area contributed by atoms with Crippen LogP contribution in [0.1, 0.15) is 69.6 Å². The van der Waals surface area contributed by atoms with Crippen LogP contribution in [0.5, 0.6) is 34.5 Å². The van der Waals surface area contributed by atoms with Crippen molar-refractivity contribution in [3.05, 3.63) is 71.3 Å². The van der Waals surface area contributed by atoms with Gasteiger partial charge < -0.3 is 52.3 Å². The molecule has 236 valence electrons. The Morgan fingerprint density at radius 2 is 0.795 bits per heavy atom. The quantitative estimate of drug-likeness (QED) is 0.0891. The van der Waals surface area contributed by atoms with E-state index in [0.29, 0.717) is 38.5 Å². The fourth-order valence-corrected chi connectivity index (χ4v) is 4.73. The number of rotatable bonds is 15. The van der Waals surface area contributed by atoms with Crippen LogP contribution in [-0.2, 0) is 0 Å². The van der Waals surface area contributed by atoms with E-state index in [1.165, 1.54) is 54.6 Å². The Balaban J connectivity index is 1.54. The number of hydrogen-bond acceptors (Lipinski definition) is 10. The first-order valence-corrected chi connectivity index (χ1v) is 14.1. The normalized spacial score (nSPS) is 11.1. The minimum atomic E-state index is -0.756. The van der Waals surface area contributed by atoms with Gasteiger partial charge >= 0.3 is 0 Å². The van der Waals surface area contributed by atoms with Crippen LogP contribution in [0, 0.1) is 0 Å². The standard InChI is InChI=1S/C31H38N4O9/c32-31(13-4-16-33-28(42)19-7-1-10-22(36)25(19)39,14-5-17-34-29(43)20-8-2-11-23(37)26(20)40)15-6-18-35-30(44)21-9-3-12-24(38)27(21)41/h1-3,7-12,36-41H,4-6,13-18,32H2,(H,33,42)(H,34,43)(H,35,44). The molecule has 0 aliphatic carbocycles. The van der Waals surface area contributed by atoms with Gasteiger partial charge in [-0.15, -0.1) is 0 Å². The van der Waals surface area contributed by atoms with E-state index in [2.05, 4.69) is 16.0 Å². The number of para-hydroxylation sites is 3. The smallest absolute Gasteiger partial charge is 0.255 e. The van der Waals surface area contributed by atoms with E-state index in [1.54, 1.807) is 0 Å². The highest BCUT2D eigenvalue weighted by atomic mass is 16.3. The zero-order chi connectivity index (χ0) is 32.3. The highest BCUT2D eigenvalue weighted by Crippen LogP contribution is 2.30. The van der Waals surface area contributed by atoms with Gasteiger partial charge in [0, 0.05) is 25.2 Å². The number of carbonyl (C=O) groups excluding carboxylic acids is 3. The molecule has 44 heavy (non-hydrogen) atoms. The average Bonchev–Trinajstić information content (AvgIpc) is 2.99. The predicted molar refractivity (Wildman–Crippen MR) is 161 cm³/mol. The van der Waals surface area contributed by atoms with Crippen LogP contribution in [-0.4, -0.2) is 73.5 Å². The third-order valence-electron chi connectivity index (χ3n) is 7.19. The van der Waals surface area contributed by atoms with Crippen LogP contribution < -0.4 is 21.7 Å². The Labute approximate surface area is 254 Å². The molecule has 3 rings (SSSR count). The Morgan fingerprint density at radius 1 is 0.523 bits per heavy atom. The minimum Gasteiger partial charge on any atom is -0.504 e. The minimum absolute atomic E-state index is 0.0639. The topological polar surface area (TPSA) is 235 Å². The number of amides is 3. The van der Waals surface area contributed by atoms with Gasteiger partial charge in [-0.1, -0.05) is 18.2 Å². The van der Waals surface area contributed by atoms with Crippen LogP contribution in [0.15, 0.2) is 54.6 Å². The van der Waals surface area contributed by atoms with Crippen molar-refractivity contribution in [2.45, 2.75) is 44.1 Å². The Morgan fingerprint density at radius 3 is 1.07 bits per heavy atom. The molecule has 0 atom stereocenters. The van der Waals surface area contributed by atoms with Gasteiger partial charge in [0.2, 0.25) is 0 Å². The molecule has 0 saturated heterocycles. The number of carbonyl (C=O) groups is 3. The molecule has 3 aromatic rings. The lowest BCUT2D eigenvalue weighted by Gasteiger charge is -2.30. The molecular formula is C31H38N4O9. The predicted octanol–water partition coefficient (Wildman–Crippen LogP) is 2.55. The number of benzene rings is 3. The summed E-state index contributed by atoms with van der Waals surface area (Å²) in [4.78, 5) is 37.4. The van der Waals surface area contributed by atoms with E-state index in [9.17, 15) is 45.0 Å². The number of nitrogens with two attached hydrogens (primary N) is 1. The maximum atomic E-state index is 12.5. The molecule has 0 aliphatic heterocycles. The summed E-state index contributed by atoms with van der Waals surface area (Å²) in [5.41, 5.74) is 5.81. The molecule has 0 fully saturated rings. The zero-order valence-corrected chi connectivity index (χ0v) is 24.0. The molecule has 0 bridgehead atoms. The third kappa shape index (κ3) is 8.91. The second-order valence-corrected chi connectivity index (χ2v) is 10.5. The van der Waals surface area contributed by atoms with Gasteiger partial charge in [0.15, 0.2) is 34.5 Å².